The minimum absolute atomic E-state index is 0.214. The van der Waals surface area contributed by atoms with Gasteiger partial charge < -0.3 is 5.11 Å². The van der Waals surface area contributed by atoms with Gasteiger partial charge in [0, 0.05) is 13.1 Å². The van der Waals surface area contributed by atoms with E-state index in [1.54, 1.807) is 0 Å². The van der Waals surface area contributed by atoms with Gasteiger partial charge in [-0.15, -0.1) is 0 Å². The van der Waals surface area contributed by atoms with Crippen LogP contribution in [0.4, 0.5) is 0 Å². The number of hydrogen-bond acceptors (Lipinski definition) is 2. The summed E-state index contributed by atoms with van der Waals surface area (Å²) in [6, 6.07) is 8.90. The molecule has 0 saturated heterocycles. The Balaban J connectivity index is 2.64. The monoisotopic (exact) mass is 263 g/mol. The lowest BCUT2D eigenvalue weighted by molar-refractivity contribution is 0.188. The molecule has 0 aliphatic carbocycles. The van der Waals surface area contributed by atoms with Gasteiger partial charge in [0.05, 0.1) is 6.61 Å². The van der Waals surface area contributed by atoms with Crippen LogP contribution in [-0.2, 0) is 12.0 Å². The first-order valence-corrected chi connectivity index (χ1v) is 7.40. The molecular weight excluding hydrogens is 234 g/mol. The quantitative estimate of drug-likeness (QED) is 0.813. The van der Waals surface area contributed by atoms with Crippen LogP contribution in [0.5, 0.6) is 0 Å². The van der Waals surface area contributed by atoms with E-state index in [9.17, 15) is 0 Å². The molecule has 1 aromatic rings. The molecule has 1 N–H and O–H groups in total. The Bertz CT molecular complexity index is 351. The van der Waals surface area contributed by atoms with Gasteiger partial charge in [0.2, 0.25) is 0 Å². The largest absolute Gasteiger partial charge is 0.395 e. The second kappa shape index (κ2) is 7.66. The standard InChI is InChI=1S/C17H29NO/c1-5-6-11-18(12-13-19)14-15-7-9-16(10-8-15)17(2,3)4/h7-10,19H,5-6,11-14H2,1-4H3. The predicted octanol–water partition coefficient (Wildman–Crippen LogP) is 3.58. The van der Waals surface area contributed by atoms with Crippen molar-refractivity contribution in [2.75, 3.05) is 19.7 Å². The summed E-state index contributed by atoms with van der Waals surface area (Å²) in [6.45, 7) is 11.9. The molecule has 1 rings (SSSR count). The van der Waals surface area contributed by atoms with Crippen LogP contribution in [-0.4, -0.2) is 29.7 Å². The molecule has 0 atom stereocenters. The van der Waals surface area contributed by atoms with Gasteiger partial charge in [0.15, 0.2) is 0 Å². The Morgan fingerprint density at radius 2 is 1.68 bits per heavy atom. The van der Waals surface area contributed by atoms with E-state index in [0.29, 0.717) is 0 Å². The average molecular weight is 263 g/mol. The summed E-state index contributed by atoms with van der Waals surface area (Å²) in [5.41, 5.74) is 2.92. The number of hydrogen-bond donors (Lipinski definition) is 1. The molecule has 0 bridgehead atoms. The molecule has 0 aromatic heterocycles. The van der Waals surface area contributed by atoms with Crippen LogP contribution < -0.4 is 0 Å². The smallest absolute Gasteiger partial charge is 0.0558 e. The Labute approximate surface area is 118 Å². The van der Waals surface area contributed by atoms with E-state index >= 15 is 0 Å². The van der Waals surface area contributed by atoms with Crippen molar-refractivity contribution in [3.63, 3.8) is 0 Å². The highest BCUT2D eigenvalue weighted by molar-refractivity contribution is 5.27. The molecular formula is C17H29NO. The van der Waals surface area contributed by atoms with Crippen molar-refractivity contribution >= 4 is 0 Å². The summed E-state index contributed by atoms with van der Waals surface area (Å²) in [4.78, 5) is 2.33. The molecule has 0 heterocycles. The molecule has 0 spiro atoms. The van der Waals surface area contributed by atoms with Crippen molar-refractivity contribution in [2.45, 2.75) is 52.5 Å². The van der Waals surface area contributed by atoms with E-state index in [-0.39, 0.29) is 12.0 Å². The Morgan fingerprint density at radius 3 is 2.16 bits per heavy atom. The lowest BCUT2D eigenvalue weighted by Gasteiger charge is -2.22. The molecule has 0 fully saturated rings. The lowest BCUT2D eigenvalue weighted by atomic mass is 9.87. The third kappa shape index (κ3) is 5.75. The van der Waals surface area contributed by atoms with E-state index in [1.165, 1.54) is 24.0 Å². The first-order valence-electron chi connectivity index (χ1n) is 7.40. The van der Waals surface area contributed by atoms with Gasteiger partial charge in [-0.2, -0.15) is 0 Å². The maximum atomic E-state index is 9.12. The number of aliphatic hydroxyl groups excluding tert-OH is 1. The Hall–Kier alpha value is -0.860. The van der Waals surface area contributed by atoms with Crippen molar-refractivity contribution in [3.05, 3.63) is 35.4 Å². The van der Waals surface area contributed by atoms with Gasteiger partial charge in [0.25, 0.3) is 0 Å². The molecule has 0 radical (unpaired) electrons. The molecule has 0 aliphatic rings. The van der Waals surface area contributed by atoms with Gasteiger partial charge in [-0.25, -0.2) is 0 Å². The Morgan fingerprint density at radius 1 is 1.05 bits per heavy atom. The van der Waals surface area contributed by atoms with Crippen LogP contribution in [0.1, 0.15) is 51.7 Å². The van der Waals surface area contributed by atoms with Crippen LogP contribution in [0.3, 0.4) is 0 Å². The highest BCUT2D eigenvalue weighted by Gasteiger charge is 2.13. The molecule has 1 aromatic carbocycles. The van der Waals surface area contributed by atoms with Gasteiger partial charge >= 0.3 is 0 Å². The van der Waals surface area contributed by atoms with Crippen LogP contribution in [0.25, 0.3) is 0 Å². The fraction of sp³-hybridized carbons (Fsp3) is 0.647. The average Bonchev–Trinajstić information content (AvgIpc) is 2.36. The minimum Gasteiger partial charge on any atom is -0.395 e. The Kier molecular flexibility index (Phi) is 6.53. The van der Waals surface area contributed by atoms with E-state index < -0.39 is 0 Å². The zero-order chi connectivity index (χ0) is 14.3. The third-order valence-electron chi connectivity index (χ3n) is 3.47. The number of unbranched alkanes of at least 4 members (excludes halogenated alkanes) is 1. The molecule has 0 saturated carbocycles. The predicted molar refractivity (Wildman–Crippen MR) is 82.4 cm³/mol. The second-order valence-corrected chi connectivity index (χ2v) is 6.30. The SMILES string of the molecule is CCCCN(CCO)Cc1ccc(C(C)(C)C)cc1. The topological polar surface area (TPSA) is 23.5 Å². The van der Waals surface area contributed by atoms with Crippen molar-refractivity contribution in [1.82, 2.24) is 4.90 Å². The summed E-state index contributed by atoms with van der Waals surface area (Å²) in [5.74, 6) is 0. The number of benzene rings is 1. The van der Waals surface area contributed by atoms with Crippen molar-refractivity contribution in [3.8, 4) is 0 Å². The number of nitrogens with zero attached hydrogens (tertiary/aromatic N) is 1. The molecule has 0 unspecified atom stereocenters. The van der Waals surface area contributed by atoms with Crippen LogP contribution in [0.15, 0.2) is 24.3 Å². The van der Waals surface area contributed by atoms with Gasteiger partial charge in [-0.05, 0) is 29.5 Å². The highest BCUT2D eigenvalue weighted by atomic mass is 16.3. The maximum absolute atomic E-state index is 9.12. The highest BCUT2D eigenvalue weighted by Crippen LogP contribution is 2.22. The number of rotatable bonds is 7. The summed E-state index contributed by atoms with van der Waals surface area (Å²) in [7, 11) is 0. The van der Waals surface area contributed by atoms with E-state index in [1.807, 2.05) is 0 Å². The molecule has 2 heteroatoms. The zero-order valence-electron chi connectivity index (χ0n) is 12.9. The fourth-order valence-electron chi connectivity index (χ4n) is 2.16. The summed E-state index contributed by atoms with van der Waals surface area (Å²) < 4.78 is 0. The first-order chi connectivity index (χ1) is 8.97. The van der Waals surface area contributed by atoms with Crippen LogP contribution >= 0.6 is 0 Å². The van der Waals surface area contributed by atoms with E-state index in [2.05, 4.69) is 56.9 Å². The molecule has 0 amide bonds. The lowest BCUT2D eigenvalue weighted by Crippen LogP contribution is -2.27. The zero-order valence-corrected chi connectivity index (χ0v) is 12.9. The van der Waals surface area contributed by atoms with E-state index in [4.69, 9.17) is 5.11 Å². The van der Waals surface area contributed by atoms with Crippen LogP contribution in [0, 0.1) is 0 Å². The van der Waals surface area contributed by atoms with Crippen molar-refractivity contribution in [2.24, 2.45) is 0 Å². The van der Waals surface area contributed by atoms with Crippen LogP contribution in [0.2, 0.25) is 0 Å². The molecule has 19 heavy (non-hydrogen) atoms. The normalized spacial score (nSPS) is 12.1. The van der Waals surface area contributed by atoms with Crippen molar-refractivity contribution < 1.29 is 5.11 Å². The molecule has 0 aliphatic heterocycles. The minimum atomic E-state index is 0.214. The van der Waals surface area contributed by atoms with Gasteiger partial charge in [0.1, 0.15) is 0 Å². The fourth-order valence-corrected chi connectivity index (χ4v) is 2.16. The molecule has 2 nitrogen and oxygen atoms in total. The second-order valence-electron chi connectivity index (χ2n) is 6.30. The summed E-state index contributed by atoms with van der Waals surface area (Å²) >= 11 is 0. The maximum Gasteiger partial charge on any atom is 0.0558 e. The van der Waals surface area contributed by atoms with Gasteiger partial charge in [-0.1, -0.05) is 58.4 Å². The first kappa shape index (κ1) is 16.2. The summed E-state index contributed by atoms with van der Waals surface area (Å²) in [6.07, 6.45) is 2.39. The van der Waals surface area contributed by atoms with Gasteiger partial charge in [-0.3, -0.25) is 4.90 Å². The molecule has 108 valence electrons. The van der Waals surface area contributed by atoms with E-state index in [0.717, 1.165) is 19.6 Å². The van der Waals surface area contributed by atoms with Crippen molar-refractivity contribution in [1.29, 1.82) is 0 Å². The third-order valence-corrected chi connectivity index (χ3v) is 3.47. The summed E-state index contributed by atoms with van der Waals surface area (Å²) in [5, 5.41) is 9.12. The number of aliphatic hydroxyl groups is 1.